The first-order valence-corrected chi connectivity index (χ1v) is 10.3. The van der Waals surface area contributed by atoms with Crippen LogP contribution in [0.3, 0.4) is 0 Å². The zero-order chi connectivity index (χ0) is 20.7. The van der Waals surface area contributed by atoms with Crippen LogP contribution in [0.5, 0.6) is 17.2 Å². The molecule has 0 saturated carbocycles. The van der Waals surface area contributed by atoms with E-state index < -0.39 is 10.0 Å². The van der Waals surface area contributed by atoms with Gasteiger partial charge in [-0.05, 0) is 23.6 Å². The van der Waals surface area contributed by atoms with Crippen molar-refractivity contribution < 1.29 is 22.6 Å². The number of benzene rings is 3. The SMILES string of the molecule is COc1ccc(S(=O)(=O)NCC#CCOc2cccc3ccccc23)cc1OC. The molecule has 0 spiro atoms. The van der Waals surface area contributed by atoms with E-state index in [-0.39, 0.29) is 18.0 Å². The van der Waals surface area contributed by atoms with E-state index >= 15 is 0 Å². The van der Waals surface area contributed by atoms with Crippen LogP contribution < -0.4 is 18.9 Å². The first-order chi connectivity index (χ1) is 14.0. The van der Waals surface area contributed by atoms with Gasteiger partial charge in [-0.1, -0.05) is 48.2 Å². The summed E-state index contributed by atoms with van der Waals surface area (Å²) in [6.45, 7) is 0.127. The minimum Gasteiger partial charge on any atom is -0.493 e. The molecule has 29 heavy (non-hydrogen) atoms. The molecule has 0 aromatic heterocycles. The molecule has 0 bridgehead atoms. The van der Waals surface area contributed by atoms with E-state index in [1.165, 1.54) is 32.4 Å². The normalized spacial score (nSPS) is 10.8. The Morgan fingerprint density at radius 3 is 2.41 bits per heavy atom. The maximum absolute atomic E-state index is 12.4. The van der Waals surface area contributed by atoms with Gasteiger partial charge in [0.25, 0.3) is 0 Å². The lowest BCUT2D eigenvalue weighted by Crippen LogP contribution is -2.24. The third kappa shape index (κ3) is 4.99. The smallest absolute Gasteiger partial charge is 0.241 e. The predicted molar refractivity (Wildman–Crippen MR) is 112 cm³/mol. The van der Waals surface area contributed by atoms with E-state index in [2.05, 4.69) is 16.6 Å². The molecule has 3 aromatic rings. The van der Waals surface area contributed by atoms with Crippen molar-refractivity contribution in [1.29, 1.82) is 0 Å². The van der Waals surface area contributed by atoms with E-state index in [9.17, 15) is 8.42 Å². The minimum absolute atomic E-state index is 0.0322. The van der Waals surface area contributed by atoms with Gasteiger partial charge in [-0.25, -0.2) is 8.42 Å². The van der Waals surface area contributed by atoms with Crippen LogP contribution in [0.4, 0.5) is 0 Å². The lowest BCUT2D eigenvalue weighted by Gasteiger charge is -2.10. The van der Waals surface area contributed by atoms with Crippen LogP contribution in [-0.2, 0) is 10.0 Å². The summed E-state index contributed by atoms with van der Waals surface area (Å²) in [6, 6.07) is 18.1. The molecule has 150 valence electrons. The van der Waals surface area contributed by atoms with Crippen molar-refractivity contribution in [3.05, 3.63) is 60.7 Å². The summed E-state index contributed by atoms with van der Waals surface area (Å²) in [5.74, 6) is 7.11. The predicted octanol–water partition coefficient (Wildman–Crippen LogP) is 3.22. The van der Waals surface area contributed by atoms with Crippen LogP contribution in [0, 0.1) is 11.8 Å². The number of ether oxygens (including phenoxy) is 3. The number of hydrogen-bond donors (Lipinski definition) is 1. The van der Waals surface area contributed by atoms with Crippen molar-refractivity contribution in [2.75, 3.05) is 27.4 Å². The largest absolute Gasteiger partial charge is 0.493 e. The molecule has 0 saturated heterocycles. The summed E-state index contributed by atoms with van der Waals surface area (Å²) in [6.07, 6.45) is 0. The molecule has 7 heteroatoms. The zero-order valence-electron chi connectivity index (χ0n) is 16.1. The topological polar surface area (TPSA) is 73.9 Å². The standard InChI is InChI=1S/C22H21NO5S/c1-26-21-13-12-18(16-22(21)27-2)29(24,25)23-14-5-6-15-28-20-11-7-9-17-8-3-4-10-19(17)20/h3-4,7-13,16,23H,14-15H2,1-2H3. The third-order valence-electron chi connectivity index (χ3n) is 4.19. The van der Waals surface area contributed by atoms with Gasteiger partial charge in [0.05, 0.1) is 25.7 Å². The lowest BCUT2D eigenvalue weighted by atomic mass is 10.1. The molecule has 3 rings (SSSR count). The Bertz CT molecular complexity index is 1160. The average Bonchev–Trinajstić information content (AvgIpc) is 2.75. The number of hydrogen-bond acceptors (Lipinski definition) is 5. The summed E-state index contributed by atoms with van der Waals surface area (Å²) in [5.41, 5.74) is 0. The maximum Gasteiger partial charge on any atom is 0.241 e. The molecule has 0 heterocycles. The Labute approximate surface area is 170 Å². The second-order valence-electron chi connectivity index (χ2n) is 5.96. The van der Waals surface area contributed by atoms with E-state index in [0.717, 1.165) is 16.5 Å². The van der Waals surface area contributed by atoms with Gasteiger partial charge in [0.1, 0.15) is 12.4 Å². The van der Waals surface area contributed by atoms with Crippen LogP contribution in [-0.4, -0.2) is 35.8 Å². The van der Waals surface area contributed by atoms with E-state index in [4.69, 9.17) is 14.2 Å². The summed E-state index contributed by atoms with van der Waals surface area (Å²) >= 11 is 0. The van der Waals surface area contributed by atoms with Gasteiger partial charge in [-0.3, -0.25) is 0 Å². The molecule has 3 aromatic carbocycles. The van der Waals surface area contributed by atoms with E-state index in [1.54, 1.807) is 0 Å². The van der Waals surface area contributed by atoms with Crippen molar-refractivity contribution in [3.63, 3.8) is 0 Å². The Balaban J connectivity index is 1.58. The Morgan fingerprint density at radius 2 is 1.62 bits per heavy atom. The fourth-order valence-corrected chi connectivity index (χ4v) is 3.69. The fraction of sp³-hybridized carbons (Fsp3) is 0.182. The minimum atomic E-state index is -3.71. The molecule has 0 atom stereocenters. The van der Waals surface area contributed by atoms with Gasteiger partial charge in [0.15, 0.2) is 11.5 Å². The van der Waals surface area contributed by atoms with Gasteiger partial charge in [-0.15, -0.1) is 0 Å². The fourth-order valence-electron chi connectivity index (χ4n) is 2.75. The van der Waals surface area contributed by atoms with Gasteiger partial charge in [0, 0.05) is 11.5 Å². The van der Waals surface area contributed by atoms with Gasteiger partial charge in [0.2, 0.25) is 10.0 Å². The number of fused-ring (bicyclic) bond motifs is 1. The highest BCUT2D eigenvalue weighted by Gasteiger charge is 2.16. The van der Waals surface area contributed by atoms with Crippen molar-refractivity contribution in [3.8, 4) is 29.1 Å². The lowest BCUT2D eigenvalue weighted by molar-refractivity contribution is 0.354. The van der Waals surface area contributed by atoms with Crippen LogP contribution in [0.25, 0.3) is 10.8 Å². The average molecular weight is 411 g/mol. The van der Waals surface area contributed by atoms with Crippen LogP contribution in [0.1, 0.15) is 0 Å². The number of sulfonamides is 1. The number of methoxy groups -OCH3 is 2. The Kier molecular flexibility index (Phi) is 6.60. The zero-order valence-corrected chi connectivity index (χ0v) is 17.0. The van der Waals surface area contributed by atoms with Crippen molar-refractivity contribution in [2.24, 2.45) is 0 Å². The summed E-state index contributed by atoms with van der Waals surface area (Å²) in [7, 11) is -0.781. The van der Waals surface area contributed by atoms with E-state index in [1.807, 2.05) is 42.5 Å². The Morgan fingerprint density at radius 1 is 0.862 bits per heavy atom. The highest BCUT2D eigenvalue weighted by atomic mass is 32.2. The van der Waals surface area contributed by atoms with Gasteiger partial charge >= 0.3 is 0 Å². The molecule has 0 unspecified atom stereocenters. The molecular formula is C22H21NO5S. The molecule has 0 aliphatic carbocycles. The molecule has 0 aliphatic heterocycles. The first kappa shape index (κ1) is 20.5. The van der Waals surface area contributed by atoms with Crippen molar-refractivity contribution in [2.45, 2.75) is 4.90 Å². The molecule has 1 N–H and O–H groups in total. The number of nitrogens with one attached hydrogen (secondary N) is 1. The van der Waals surface area contributed by atoms with Crippen LogP contribution >= 0.6 is 0 Å². The van der Waals surface area contributed by atoms with Crippen molar-refractivity contribution >= 4 is 20.8 Å². The quantitative estimate of drug-likeness (QED) is 0.605. The van der Waals surface area contributed by atoms with Crippen LogP contribution in [0.15, 0.2) is 65.6 Å². The van der Waals surface area contributed by atoms with Gasteiger partial charge in [-0.2, -0.15) is 4.72 Å². The second kappa shape index (κ2) is 9.32. The maximum atomic E-state index is 12.4. The van der Waals surface area contributed by atoms with Crippen LogP contribution in [0.2, 0.25) is 0 Å². The molecule has 0 amide bonds. The van der Waals surface area contributed by atoms with Crippen molar-refractivity contribution in [1.82, 2.24) is 4.72 Å². The molecule has 0 aliphatic rings. The molecule has 6 nitrogen and oxygen atoms in total. The second-order valence-corrected chi connectivity index (χ2v) is 7.73. The first-order valence-electron chi connectivity index (χ1n) is 8.83. The summed E-state index contributed by atoms with van der Waals surface area (Å²) in [4.78, 5) is 0.0731. The summed E-state index contributed by atoms with van der Waals surface area (Å²) in [5, 5.41) is 2.09. The summed E-state index contributed by atoms with van der Waals surface area (Å²) < 4.78 is 43.2. The number of rotatable bonds is 7. The molecule has 0 radical (unpaired) electrons. The highest BCUT2D eigenvalue weighted by Crippen LogP contribution is 2.29. The Hall–Kier alpha value is -3.21. The molecule has 0 fully saturated rings. The highest BCUT2D eigenvalue weighted by molar-refractivity contribution is 7.89. The third-order valence-corrected chi connectivity index (χ3v) is 5.59. The van der Waals surface area contributed by atoms with E-state index in [0.29, 0.717) is 11.5 Å². The monoisotopic (exact) mass is 411 g/mol. The van der Waals surface area contributed by atoms with Gasteiger partial charge < -0.3 is 14.2 Å². The molecular weight excluding hydrogens is 390 g/mol.